The summed E-state index contributed by atoms with van der Waals surface area (Å²) < 4.78 is 10.5. The van der Waals surface area contributed by atoms with Gasteiger partial charge in [-0.2, -0.15) is 5.10 Å². The molecule has 0 saturated carbocycles. The highest BCUT2D eigenvalue weighted by Gasteiger charge is 2.23. The number of primary amides is 1. The maximum atomic E-state index is 11.1. The Balaban J connectivity index is 2.23. The van der Waals surface area contributed by atoms with E-state index < -0.39 is 6.03 Å². The number of carbonyl (C=O) groups excluding carboxylic acids is 1. The molecule has 1 aromatic rings. The zero-order valence-electron chi connectivity index (χ0n) is 11.9. The molecule has 0 saturated heterocycles. The lowest BCUT2D eigenvalue weighted by atomic mass is 9.94. The van der Waals surface area contributed by atoms with Crippen molar-refractivity contribution in [2.75, 3.05) is 20.8 Å². The predicted molar refractivity (Wildman–Crippen MR) is 76.3 cm³/mol. The molecular weight excluding hydrogens is 258 g/mol. The van der Waals surface area contributed by atoms with Crippen molar-refractivity contribution in [1.82, 2.24) is 5.01 Å². The monoisotopic (exact) mass is 277 g/mol. The van der Waals surface area contributed by atoms with E-state index in [9.17, 15) is 4.79 Å². The number of nitrogens with two attached hydrogens (primary N) is 1. The van der Waals surface area contributed by atoms with Gasteiger partial charge in [0.2, 0.25) is 0 Å². The van der Waals surface area contributed by atoms with Crippen LogP contribution in [-0.2, 0) is 0 Å². The van der Waals surface area contributed by atoms with Crippen LogP contribution < -0.4 is 15.2 Å². The number of hydrazone groups is 1. The third kappa shape index (κ3) is 2.68. The van der Waals surface area contributed by atoms with E-state index >= 15 is 0 Å². The fourth-order valence-electron chi connectivity index (χ4n) is 2.25. The average molecular weight is 277 g/mol. The number of hydrogen-bond donors (Lipinski definition) is 1. The molecule has 1 aliphatic rings. The Kier molecular flexibility index (Phi) is 4.12. The number of methoxy groups -OCH3 is 2. The van der Waals surface area contributed by atoms with Crippen molar-refractivity contribution in [2.24, 2.45) is 10.8 Å². The second-order valence-corrected chi connectivity index (χ2v) is 4.64. The molecule has 0 fully saturated rings. The van der Waals surface area contributed by atoms with Crippen molar-refractivity contribution in [3.05, 3.63) is 23.8 Å². The fourth-order valence-corrected chi connectivity index (χ4v) is 2.25. The lowest BCUT2D eigenvalue weighted by molar-refractivity contribution is 0.215. The molecular formula is C14H19N3O3. The molecule has 0 bridgehead atoms. The average Bonchev–Trinajstić information content (AvgIpc) is 2.95. The van der Waals surface area contributed by atoms with Crippen LogP contribution in [0.3, 0.4) is 0 Å². The van der Waals surface area contributed by atoms with E-state index in [0.29, 0.717) is 18.0 Å². The second-order valence-electron chi connectivity index (χ2n) is 4.64. The molecule has 0 radical (unpaired) electrons. The summed E-state index contributed by atoms with van der Waals surface area (Å²) in [7, 11) is 3.21. The quantitative estimate of drug-likeness (QED) is 0.913. The summed E-state index contributed by atoms with van der Waals surface area (Å²) in [5, 5.41) is 5.56. The number of hydrogen-bond acceptors (Lipinski definition) is 4. The van der Waals surface area contributed by atoms with Crippen molar-refractivity contribution >= 4 is 11.7 Å². The van der Waals surface area contributed by atoms with E-state index in [4.69, 9.17) is 15.2 Å². The number of amides is 2. The van der Waals surface area contributed by atoms with Crippen molar-refractivity contribution < 1.29 is 14.3 Å². The van der Waals surface area contributed by atoms with Gasteiger partial charge in [0.05, 0.1) is 20.8 Å². The molecule has 1 aromatic carbocycles. The van der Waals surface area contributed by atoms with Gasteiger partial charge in [-0.15, -0.1) is 0 Å². The van der Waals surface area contributed by atoms with Crippen LogP contribution in [-0.4, -0.2) is 37.5 Å². The minimum Gasteiger partial charge on any atom is -0.493 e. The van der Waals surface area contributed by atoms with Crippen LogP contribution in [0.1, 0.15) is 24.8 Å². The summed E-state index contributed by atoms with van der Waals surface area (Å²) in [5.41, 5.74) is 7.23. The molecule has 0 aromatic heterocycles. The van der Waals surface area contributed by atoms with Crippen molar-refractivity contribution in [1.29, 1.82) is 0 Å². The first-order chi connectivity index (χ1) is 9.56. The van der Waals surface area contributed by atoms with E-state index in [-0.39, 0.29) is 5.92 Å². The highest BCUT2D eigenvalue weighted by atomic mass is 16.5. The van der Waals surface area contributed by atoms with E-state index in [1.54, 1.807) is 14.2 Å². The molecule has 2 amide bonds. The van der Waals surface area contributed by atoms with Crippen LogP contribution >= 0.6 is 0 Å². The minimum atomic E-state index is -0.514. The Hall–Kier alpha value is -2.24. The summed E-state index contributed by atoms with van der Waals surface area (Å²) in [6.07, 6.45) is 0.735. The van der Waals surface area contributed by atoms with Gasteiger partial charge < -0.3 is 15.2 Å². The van der Waals surface area contributed by atoms with Gasteiger partial charge in [0.15, 0.2) is 11.5 Å². The first-order valence-corrected chi connectivity index (χ1v) is 6.43. The molecule has 108 valence electrons. The normalized spacial score (nSPS) is 15.8. The molecule has 6 heteroatoms. The van der Waals surface area contributed by atoms with Gasteiger partial charge in [0, 0.05) is 18.1 Å². The molecule has 0 spiro atoms. The molecule has 2 N–H and O–H groups in total. The Labute approximate surface area is 118 Å². The predicted octanol–water partition coefficient (Wildman–Crippen LogP) is 1.95. The Morgan fingerprint density at radius 3 is 2.60 bits per heavy atom. The van der Waals surface area contributed by atoms with Gasteiger partial charge in [0.25, 0.3) is 0 Å². The van der Waals surface area contributed by atoms with Gasteiger partial charge in [-0.1, -0.05) is 13.0 Å². The summed E-state index contributed by atoms with van der Waals surface area (Å²) in [5.74, 6) is 1.47. The topological polar surface area (TPSA) is 77.1 Å². The number of nitrogens with zero attached hydrogens (tertiary/aromatic N) is 2. The van der Waals surface area contributed by atoms with E-state index in [1.807, 2.05) is 25.1 Å². The van der Waals surface area contributed by atoms with E-state index in [1.165, 1.54) is 5.01 Å². The smallest absolute Gasteiger partial charge is 0.335 e. The van der Waals surface area contributed by atoms with E-state index in [2.05, 4.69) is 5.10 Å². The lowest BCUT2D eigenvalue weighted by Gasteiger charge is -2.14. The van der Waals surface area contributed by atoms with Crippen molar-refractivity contribution in [3.8, 4) is 11.5 Å². The molecule has 1 atom stereocenters. The first kappa shape index (κ1) is 14.2. The largest absolute Gasteiger partial charge is 0.493 e. The summed E-state index contributed by atoms with van der Waals surface area (Å²) in [6.45, 7) is 2.59. The number of ether oxygens (including phenoxy) is 2. The second kappa shape index (κ2) is 5.81. The van der Waals surface area contributed by atoms with Crippen LogP contribution in [0.2, 0.25) is 0 Å². The molecule has 6 nitrogen and oxygen atoms in total. The van der Waals surface area contributed by atoms with Gasteiger partial charge in [-0.05, 0) is 17.7 Å². The van der Waals surface area contributed by atoms with Crippen LogP contribution in [0.15, 0.2) is 23.3 Å². The zero-order chi connectivity index (χ0) is 14.7. The maximum Gasteiger partial charge on any atom is 0.335 e. The number of carbonyl (C=O) groups is 1. The van der Waals surface area contributed by atoms with Gasteiger partial charge >= 0.3 is 6.03 Å². The summed E-state index contributed by atoms with van der Waals surface area (Å²) in [6, 6.07) is 5.26. The van der Waals surface area contributed by atoms with Crippen LogP contribution in [0.5, 0.6) is 11.5 Å². The highest BCUT2D eigenvalue weighted by molar-refractivity contribution is 5.93. The molecule has 20 heavy (non-hydrogen) atoms. The third-order valence-electron chi connectivity index (χ3n) is 3.49. The zero-order valence-corrected chi connectivity index (χ0v) is 11.9. The maximum absolute atomic E-state index is 11.1. The Morgan fingerprint density at radius 2 is 2.05 bits per heavy atom. The van der Waals surface area contributed by atoms with Gasteiger partial charge in [0.1, 0.15) is 0 Å². The van der Waals surface area contributed by atoms with Gasteiger partial charge in [-0.25, -0.2) is 9.80 Å². The molecule has 0 aliphatic carbocycles. The standard InChI is InChI=1S/C14H19N3O3/c1-9(11-6-7-17(16-11)14(15)18)10-4-5-12(19-2)13(8-10)20-3/h4-5,8-9H,6-7H2,1-3H3,(H2,15,18)/t9-/m1/s1. The first-order valence-electron chi connectivity index (χ1n) is 6.43. The van der Waals surface area contributed by atoms with Gasteiger partial charge in [-0.3, -0.25) is 0 Å². The molecule has 0 unspecified atom stereocenters. The molecule has 2 rings (SSSR count). The highest BCUT2D eigenvalue weighted by Crippen LogP contribution is 2.32. The fraction of sp³-hybridized carbons (Fsp3) is 0.429. The van der Waals surface area contributed by atoms with E-state index in [0.717, 1.165) is 17.7 Å². The third-order valence-corrected chi connectivity index (χ3v) is 3.49. The van der Waals surface area contributed by atoms with Crippen LogP contribution in [0.4, 0.5) is 4.79 Å². The van der Waals surface area contributed by atoms with Crippen LogP contribution in [0.25, 0.3) is 0 Å². The number of rotatable bonds is 4. The minimum absolute atomic E-state index is 0.0964. The van der Waals surface area contributed by atoms with Crippen molar-refractivity contribution in [3.63, 3.8) is 0 Å². The Bertz CT molecular complexity index is 542. The number of benzene rings is 1. The molecule has 1 heterocycles. The summed E-state index contributed by atoms with van der Waals surface area (Å²) in [4.78, 5) is 11.1. The Morgan fingerprint density at radius 1 is 1.35 bits per heavy atom. The SMILES string of the molecule is COc1ccc([C@@H](C)C2=NN(C(N)=O)CC2)cc1OC. The molecule has 1 aliphatic heterocycles. The van der Waals surface area contributed by atoms with Crippen molar-refractivity contribution in [2.45, 2.75) is 19.3 Å². The lowest BCUT2D eigenvalue weighted by Crippen LogP contribution is -2.29. The summed E-state index contributed by atoms with van der Waals surface area (Å²) >= 11 is 0. The van der Waals surface area contributed by atoms with Crippen LogP contribution in [0, 0.1) is 0 Å². The number of urea groups is 1.